The minimum Gasteiger partial charge on any atom is -0.339 e. The van der Waals surface area contributed by atoms with Crippen LogP contribution < -0.4 is 0 Å². The van der Waals surface area contributed by atoms with Crippen molar-refractivity contribution in [3.05, 3.63) is 68.7 Å². The van der Waals surface area contributed by atoms with Crippen LogP contribution in [-0.4, -0.2) is 47.8 Å². The molecule has 0 radical (unpaired) electrons. The maximum atomic E-state index is 12.6. The van der Waals surface area contributed by atoms with Crippen LogP contribution in [0, 0.1) is 0 Å². The van der Waals surface area contributed by atoms with E-state index >= 15 is 0 Å². The van der Waals surface area contributed by atoms with Gasteiger partial charge in [0, 0.05) is 31.2 Å². The fourth-order valence-electron chi connectivity index (χ4n) is 2.91. The van der Waals surface area contributed by atoms with Gasteiger partial charge in [0.1, 0.15) is 0 Å². The molecule has 0 aromatic heterocycles. The van der Waals surface area contributed by atoms with Crippen molar-refractivity contribution in [1.82, 2.24) is 9.80 Å². The standard InChI is InChI=1S/C19H17Cl3N2O2/c20-15-6-2-1-4-13(15)12-17(25)23-8-10-24(11-9-23)19(26)14-5-3-7-16(21)18(14)22/h1-7H,8-12H2. The molecule has 0 N–H and O–H groups in total. The van der Waals surface area contributed by atoms with Crippen LogP contribution >= 0.6 is 34.8 Å². The van der Waals surface area contributed by atoms with E-state index < -0.39 is 0 Å². The first kappa shape index (κ1) is 19.0. The zero-order valence-corrected chi connectivity index (χ0v) is 16.2. The summed E-state index contributed by atoms with van der Waals surface area (Å²) in [6.07, 6.45) is 0.258. The lowest BCUT2D eigenvalue weighted by atomic mass is 10.1. The number of halogens is 3. The molecule has 7 heteroatoms. The molecule has 0 saturated carbocycles. The Labute approximate surface area is 167 Å². The van der Waals surface area contributed by atoms with Crippen molar-refractivity contribution in [3.8, 4) is 0 Å². The van der Waals surface area contributed by atoms with Crippen LogP contribution in [0.2, 0.25) is 15.1 Å². The lowest BCUT2D eigenvalue weighted by Crippen LogP contribution is -2.51. The Morgan fingerprint density at radius 1 is 0.808 bits per heavy atom. The third-order valence-electron chi connectivity index (χ3n) is 4.40. The molecule has 0 unspecified atom stereocenters. The number of hydrogen-bond acceptors (Lipinski definition) is 2. The van der Waals surface area contributed by atoms with Crippen molar-refractivity contribution in [2.45, 2.75) is 6.42 Å². The molecule has 26 heavy (non-hydrogen) atoms. The van der Waals surface area contributed by atoms with E-state index in [1.54, 1.807) is 34.1 Å². The predicted molar refractivity (Wildman–Crippen MR) is 104 cm³/mol. The molecule has 2 amide bonds. The van der Waals surface area contributed by atoms with Gasteiger partial charge in [-0.1, -0.05) is 59.1 Å². The number of rotatable bonds is 3. The van der Waals surface area contributed by atoms with Crippen LogP contribution in [0.5, 0.6) is 0 Å². The highest BCUT2D eigenvalue weighted by atomic mass is 35.5. The van der Waals surface area contributed by atoms with E-state index in [1.807, 2.05) is 18.2 Å². The first-order chi connectivity index (χ1) is 12.5. The van der Waals surface area contributed by atoms with Gasteiger partial charge >= 0.3 is 0 Å². The molecule has 0 aliphatic carbocycles. The number of nitrogens with zero attached hydrogens (tertiary/aromatic N) is 2. The summed E-state index contributed by atoms with van der Waals surface area (Å²) >= 11 is 18.2. The van der Waals surface area contributed by atoms with Gasteiger partial charge in [-0.05, 0) is 23.8 Å². The number of amides is 2. The van der Waals surface area contributed by atoms with E-state index in [4.69, 9.17) is 34.8 Å². The average molecular weight is 412 g/mol. The highest BCUT2D eigenvalue weighted by Gasteiger charge is 2.26. The summed E-state index contributed by atoms with van der Waals surface area (Å²) in [5, 5.41) is 1.20. The van der Waals surface area contributed by atoms with Gasteiger partial charge in [0.05, 0.1) is 22.0 Å². The van der Waals surface area contributed by atoms with Gasteiger partial charge in [0.2, 0.25) is 5.91 Å². The number of benzene rings is 2. The van der Waals surface area contributed by atoms with Crippen molar-refractivity contribution >= 4 is 46.6 Å². The molecule has 2 aromatic carbocycles. The molecular weight excluding hydrogens is 395 g/mol. The lowest BCUT2D eigenvalue weighted by molar-refractivity contribution is -0.131. The summed E-state index contributed by atoms with van der Waals surface area (Å²) in [6, 6.07) is 12.3. The van der Waals surface area contributed by atoms with Crippen LogP contribution in [0.15, 0.2) is 42.5 Å². The molecule has 0 spiro atoms. The van der Waals surface area contributed by atoms with Crippen molar-refractivity contribution in [2.75, 3.05) is 26.2 Å². The monoisotopic (exact) mass is 410 g/mol. The van der Waals surface area contributed by atoms with Crippen molar-refractivity contribution in [2.24, 2.45) is 0 Å². The Balaban J connectivity index is 1.60. The predicted octanol–water partition coefficient (Wildman–Crippen LogP) is 4.17. The van der Waals surface area contributed by atoms with E-state index in [1.165, 1.54) is 0 Å². The Kier molecular flexibility index (Phi) is 6.07. The Hall–Kier alpha value is -1.75. The lowest BCUT2D eigenvalue weighted by Gasteiger charge is -2.35. The van der Waals surface area contributed by atoms with Gasteiger partial charge in [0.25, 0.3) is 5.91 Å². The van der Waals surface area contributed by atoms with E-state index in [2.05, 4.69) is 0 Å². The minimum absolute atomic E-state index is 0.00554. The largest absolute Gasteiger partial charge is 0.339 e. The summed E-state index contributed by atoms with van der Waals surface area (Å²) in [5.74, 6) is -0.165. The fourth-order valence-corrected chi connectivity index (χ4v) is 3.50. The van der Waals surface area contributed by atoms with Crippen LogP contribution in [-0.2, 0) is 11.2 Å². The second-order valence-corrected chi connectivity index (χ2v) is 7.23. The van der Waals surface area contributed by atoms with E-state index in [0.717, 1.165) is 5.56 Å². The van der Waals surface area contributed by atoms with Gasteiger partial charge in [-0.2, -0.15) is 0 Å². The highest BCUT2D eigenvalue weighted by Crippen LogP contribution is 2.27. The molecule has 0 atom stereocenters. The maximum absolute atomic E-state index is 12.6. The van der Waals surface area contributed by atoms with E-state index in [9.17, 15) is 9.59 Å². The first-order valence-electron chi connectivity index (χ1n) is 8.22. The second-order valence-electron chi connectivity index (χ2n) is 6.04. The van der Waals surface area contributed by atoms with E-state index in [0.29, 0.717) is 41.8 Å². The topological polar surface area (TPSA) is 40.6 Å². The molecule has 1 aliphatic rings. The molecule has 2 aromatic rings. The summed E-state index contributed by atoms with van der Waals surface area (Å²) in [5.41, 5.74) is 1.19. The average Bonchev–Trinajstić information content (AvgIpc) is 2.65. The Bertz CT molecular complexity index is 833. The molecule has 136 valence electrons. The van der Waals surface area contributed by atoms with Gasteiger partial charge in [-0.25, -0.2) is 0 Å². The minimum atomic E-state index is -0.171. The fraction of sp³-hybridized carbons (Fsp3) is 0.263. The van der Waals surface area contributed by atoms with Crippen molar-refractivity contribution < 1.29 is 9.59 Å². The molecule has 4 nitrogen and oxygen atoms in total. The first-order valence-corrected chi connectivity index (χ1v) is 9.35. The third kappa shape index (κ3) is 4.14. The molecule has 1 saturated heterocycles. The van der Waals surface area contributed by atoms with Gasteiger partial charge < -0.3 is 9.80 Å². The highest BCUT2D eigenvalue weighted by molar-refractivity contribution is 6.43. The number of piperazine rings is 1. The summed E-state index contributed by atoms with van der Waals surface area (Å²) in [7, 11) is 0. The Morgan fingerprint density at radius 3 is 2.12 bits per heavy atom. The number of hydrogen-bond donors (Lipinski definition) is 0. The zero-order chi connectivity index (χ0) is 18.7. The molecule has 1 fully saturated rings. The molecule has 0 bridgehead atoms. The molecule has 1 aliphatic heterocycles. The quantitative estimate of drug-likeness (QED) is 0.760. The summed E-state index contributed by atoms with van der Waals surface area (Å²) in [4.78, 5) is 28.6. The van der Waals surface area contributed by atoms with Gasteiger partial charge in [0.15, 0.2) is 0 Å². The van der Waals surface area contributed by atoms with Gasteiger partial charge in [-0.15, -0.1) is 0 Å². The normalized spacial score (nSPS) is 14.4. The van der Waals surface area contributed by atoms with Gasteiger partial charge in [-0.3, -0.25) is 9.59 Å². The van der Waals surface area contributed by atoms with Crippen LogP contribution in [0.1, 0.15) is 15.9 Å². The summed E-state index contributed by atoms with van der Waals surface area (Å²) in [6.45, 7) is 1.87. The van der Waals surface area contributed by atoms with Crippen molar-refractivity contribution in [1.29, 1.82) is 0 Å². The molecule has 1 heterocycles. The summed E-state index contributed by atoms with van der Waals surface area (Å²) < 4.78 is 0. The molecule has 3 rings (SSSR count). The van der Waals surface area contributed by atoms with Crippen LogP contribution in [0.3, 0.4) is 0 Å². The number of carbonyl (C=O) groups is 2. The smallest absolute Gasteiger partial charge is 0.255 e. The third-order valence-corrected chi connectivity index (χ3v) is 5.59. The Morgan fingerprint density at radius 2 is 1.42 bits per heavy atom. The molecular formula is C19H17Cl3N2O2. The van der Waals surface area contributed by atoms with Crippen LogP contribution in [0.4, 0.5) is 0 Å². The van der Waals surface area contributed by atoms with Crippen LogP contribution in [0.25, 0.3) is 0 Å². The van der Waals surface area contributed by atoms with Crippen molar-refractivity contribution in [3.63, 3.8) is 0 Å². The van der Waals surface area contributed by atoms with E-state index in [-0.39, 0.29) is 23.3 Å². The maximum Gasteiger partial charge on any atom is 0.255 e. The second kappa shape index (κ2) is 8.30. The SMILES string of the molecule is O=C(Cc1ccccc1Cl)N1CCN(C(=O)c2cccc(Cl)c2Cl)CC1. The zero-order valence-electron chi connectivity index (χ0n) is 13.9. The number of carbonyl (C=O) groups excluding carboxylic acids is 2.